The van der Waals surface area contributed by atoms with Gasteiger partial charge >= 0.3 is 0 Å². The number of nitrogens with zero attached hydrogens (tertiary/aromatic N) is 4. The summed E-state index contributed by atoms with van der Waals surface area (Å²) >= 11 is 13.9. The summed E-state index contributed by atoms with van der Waals surface area (Å²) < 4.78 is 0. The van der Waals surface area contributed by atoms with Crippen LogP contribution in [0, 0.1) is 5.92 Å². The molecule has 0 aliphatic carbocycles. The topological polar surface area (TPSA) is 56.2 Å². The van der Waals surface area contributed by atoms with Crippen LogP contribution in [0.3, 0.4) is 0 Å². The van der Waals surface area contributed by atoms with Crippen molar-refractivity contribution in [3.05, 3.63) is 80.3 Å². The number of amides is 2. The summed E-state index contributed by atoms with van der Waals surface area (Å²) in [5.74, 6) is -0.0271. The molecule has 0 bridgehead atoms. The van der Waals surface area contributed by atoms with Crippen LogP contribution in [0.1, 0.15) is 51.8 Å². The van der Waals surface area contributed by atoms with Crippen LogP contribution >= 0.6 is 35.0 Å². The van der Waals surface area contributed by atoms with E-state index in [1.54, 1.807) is 23.9 Å². The minimum absolute atomic E-state index is 0.0303. The third-order valence-corrected chi connectivity index (χ3v) is 8.99. The molecule has 2 aliphatic heterocycles. The van der Waals surface area contributed by atoms with Gasteiger partial charge in [-0.1, -0.05) is 61.3 Å². The highest BCUT2D eigenvalue weighted by molar-refractivity contribution is 8.18. The van der Waals surface area contributed by atoms with Gasteiger partial charge in [0, 0.05) is 49.3 Å². The number of aliphatic imine (C=N–C) groups is 1. The Morgan fingerprint density at radius 3 is 2.11 bits per heavy atom. The van der Waals surface area contributed by atoms with Gasteiger partial charge in [0.25, 0.3) is 5.91 Å². The third kappa shape index (κ3) is 5.21. The first kappa shape index (κ1) is 28.5. The summed E-state index contributed by atoms with van der Waals surface area (Å²) in [4.78, 5) is 37.2. The highest BCUT2D eigenvalue weighted by Crippen LogP contribution is 2.56. The largest absolute Gasteiger partial charge is 0.344 e. The van der Waals surface area contributed by atoms with Crippen molar-refractivity contribution in [1.82, 2.24) is 14.7 Å². The third-order valence-electron chi connectivity index (χ3n) is 7.42. The maximum absolute atomic E-state index is 13.9. The van der Waals surface area contributed by atoms with Crippen molar-refractivity contribution in [2.24, 2.45) is 10.9 Å². The Morgan fingerprint density at radius 2 is 1.58 bits per heavy atom. The second-order valence-electron chi connectivity index (χ2n) is 10.5. The molecule has 2 unspecified atom stereocenters. The molecule has 2 amide bonds. The lowest BCUT2D eigenvalue weighted by Crippen LogP contribution is -2.44. The Morgan fingerprint density at radius 1 is 1.03 bits per heavy atom. The number of amidine groups is 1. The normalized spacial score (nSPS) is 21.5. The van der Waals surface area contributed by atoms with Crippen molar-refractivity contribution in [2.75, 3.05) is 20.6 Å². The number of rotatable bonds is 7. The Bertz CT molecular complexity index is 1290. The number of halogens is 2. The summed E-state index contributed by atoms with van der Waals surface area (Å²) in [5.41, 5.74) is 2.44. The van der Waals surface area contributed by atoms with Crippen molar-refractivity contribution in [1.29, 1.82) is 0 Å². The van der Waals surface area contributed by atoms with Crippen LogP contribution in [-0.2, 0) is 15.1 Å². The van der Waals surface area contributed by atoms with Crippen LogP contribution in [0.15, 0.2) is 64.1 Å². The van der Waals surface area contributed by atoms with Crippen LogP contribution in [0.4, 0.5) is 0 Å². The predicted octanol–water partition coefficient (Wildman–Crippen LogP) is 6.56. The molecular weight excluding hydrogens is 539 g/mol. The van der Waals surface area contributed by atoms with Crippen LogP contribution in [0.5, 0.6) is 0 Å². The highest BCUT2D eigenvalue weighted by atomic mass is 35.5. The summed E-state index contributed by atoms with van der Waals surface area (Å²) in [7, 11) is 3.55. The Hall–Kier alpha value is -2.48. The molecule has 38 heavy (non-hydrogen) atoms. The van der Waals surface area contributed by atoms with Crippen molar-refractivity contribution < 1.29 is 9.59 Å². The number of carbonyl (C=O) groups excluding carboxylic acids is 2. The standard InChI is InChI=1S/C29H34Cl2N4O2S/c1-17(2)24-25(27(37)34(7)18(3)16-33(6)19(4)36)38-28-32-29(5,21-10-14-23(31)15-11-21)26(35(24)28)20-8-12-22(30)13-9-20/h8-15,17-18,26H,16H2,1-7H3/t18-,26?,29?/m0/s1. The number of thioether (sulfide) groups is 1. The smallest absolute Gasteiger partial charge is 0.262 e. The van der Waals surface area contributed by atoms with Gasteiger partial charge in [-0.05, 0) is 66.9 Å². The second kappa shape index (κ2) is 10.9. The van der Waals surface area contributed by atoms with E-state index >= 15 is 0 Å². The fourth-order valence-corrected chi connectivity index (χ4v) is 6.71. The van der Waals surface area contributed by atoms with Gasteiger partial charge in [-0.2, -0.15) is 0 Å². The SMILES string of the molecule is CC(=O)N(C)C[C@H](C)N(C)C(=O)C1=C(C(C)C)N2C(=NC(C)(c3ccc(Cl)cc3)C2c2ccc(Cl)cc2)S1. The molecule has 0 spiro atoms. The average molecular weight is 574 g/mol. The van der Waals surface area contributed by atoms with E-state index in [1.807, 2.05) is 55.5 Å². The molecule has 3 atom stereocenters. The van der Waals surface area contributed by atoms with E-state index in [1.165, 1.54) is 18.7 Å². The Kier molecular flexibility index (Phi) is 8.22. The lowest BCUT2D eigenvalue weighted by Gasteiger charge is -2.37. The fourth-order valence-electron chi connectivity index (χ4n) is 5.07. The molecule has 0 radical (unpaired) electrons. The molecule has 0 fully saturated rings. The molecule has 0 saturated heterocycles. The lowest BCUT2D eigenvalue weighted by molar-refractivity contribution is -0.131. The van der Waals surface area contributed by atoms with Gasteiger partial charge in [0.1, 0.15) is 10.4 Å². The summed E-state index contributed by atoms with van der Waals surface area (Å²) in [6.45, 7) is 10.3. The molecule has 2 aliphatic rings. The zero-order valence-corrected chi connectivity index (χ0v) is 25.2. The van der Waals surface area contributed by atoms with Gasteiger partial charge < -0.3 is 14.7 Å². The fraction of sp³-hybridized carbons (Fsp3) is 0.414. The Balaban J connectivity index is 1.78. The number of fused-ring (bicyclic) bond motifs is 1. The molecule has 0 aromatic heterocycles. The van der Waals surface area contributed by atoms with Gasteiger partial charge in [0.15, 0.2) is 5.17 Å². The van der Waals surface area contributed by atoms with Crippen LogP contribution in [-0.4, -0.2) is 58.4 Å². The number of benzene rings is 2. The minimum atomic E-state index is -0.612. The van der Waals surface area contributed by atoms with Gasteiger partial charge in [0.2, 0.25) is 5.91 Å². The van der Waals surface area contributed by atoms with E-state index in [0.717, 1.165) is 22.0 Å². The molecule has 6 nitrogen and oxygen atoms in total. The lowest BCUT2D eigenvalue weighted by atomic mass is 9.81. The molecular formula is C29H34Cl2N4O2S. The van der Waals surface area contributed by atoms with Crippen LogP contribution in [0.2, 0.25) is 10.0 Å². The number of hydrogen-bond donors (Lipinski definition) is 0. The average Bonchev–Trinajstić information content (AvgIpc) is 3.36. The van der Waals surface area contributed by atoms with E-state index in [4.69, 9.17) is 28.2 Å². The zero-order chi connectivity index (χ0) is 27.9. The number of allylic oxidation sites excluding steroid dienone is 1. The van der Waals surface area contributed by atoms with Gasteiger partial charge in [-0.15, -0.1) is 0 Å². The molecule has 2 aromatic carbocycles. The number of likely N-dealkylation sites (N-methyl/N-ethyl adjacent to an activating group) is 2. The molecule has 2 heterocycles. The Labute approximate surface area is 239 Å². The van der Waals surface area contributed by atoms with Crippen molar-refractivity contribution in [3.8, 4) is 0 Å². The first-order valence-corrected chi connectivity index (χ1v) is 14.2. The van der Waals surface area contributed by atoms with E-state index < -0.39 is 5.54 Å². The van der Waals surface area contributed by atoms with Crippen molar-refractivity contribution in [2.45, 2.75) is 52.2 Å². The number of carbonyl (C=O) groups is 2. The maximum atomic E-state index is 13.9. The molecule has 0 N–H and O–H groups in total. The number of hydrogen-bond acceptors (Lipinski definition) is 5. The van der Waals surface area contributed by atoms with E-state index in [9.17, 15) is 9.59 Å². The zero-order valence-electron chi connectivity index (χ0n) is 22.8. The molecule has 0 saturated carbocycles. The van der Waals surface area contributed by atoms with Crippen molar-refractivity contribution in [3.63, 3.8) is 0 Å². The molecule has 2 aromatic rings. The van der Waals surface area contributed by atoms with E-state index in [-0.39, 0.29) is 29.8 Å². The van der Waals surface area contributed by atoms with Crippen LogP contribution < -0.4 is 0 Å². The summed E-state index contributed by atoms with van der Waals surface area (Å²) in [6, 6.07) is 15.3. The van der Waals surface area contributed by atoms with Gasteiger partial charge in [-0.3, -0.25) is 9.59 Å². The van der Waals surface area contributed by atoms with E-state index in [0.29, 0.717) is 21.5 Å². The molecule has 202 valence electrons. The molecule has 4 rings (SSSR count). The first-order chi connectivity index (χ1) is 17.8. The first-order valence-electron chi connectivity index (χ1n) is 12.7. The van der Waals surface area contributed by atoms with Crippen LogP contribution in [0.25, 0.3) is 0 Å². The second-order valence-corrected chi connectivity index (χ2v) is 12.4. The quantitative estimate of drug-likeness (QED) is 0.377. The monoisotopic (exact) mass is 572 g/mol. The van der Waals surface area contributed by atoms with Crippen molar-refractivity contribution >= 4 is 51.9 Å². The summed E-state index contributed by atoms with van der Waals surface area (Å²) in [5, 5.41) is 2.14. The van der Waals surface area contributed by atoms with Gasteiger partial charge in [-0.25, -0.2) is 4.99 Å². The minimum Gasteiger partial charge on any atom is -0.344 e. The molecule has 9 heteroatoms. The summed E-state index contributed by atoms with van der Waals surface area (Å²) in [6.07, 6.45) is 0. The maximum Gasteiger partial charge on any atom is 0.262 e. The van der Waals surface area contributed by atoms with Gasteiger partial charge in [0.05, 0.1) is 6.04 Å². The van der Waals surface area contributed by atoms with E-state index in [2.05, 4.69) is 25.7 Å². The highest BCUT2D eigenvalue weighted by Gasteiger charge is 2.53. The predicted molar refractivity (Wildman–Crippen MR) is 157 cm³/mol.